The van der Waals surface area contributed by atoms with Gasteiger partial charge in [-0.05, 0) is 12.5 Å². The highest BCUT2D eigenvalue weighted by Gasteiger charge is 2.48. The highest BCUT2D eigenvalue weighted by Crippen LogP contribution is 2.35. The van der Waals surface area contributed by atoms with Gasteiger partial charge in [0, 0.05) is 21.3 Å². The Hall–Kier alpha value is -0.940. The molecule has 1 rings (SSSR count). The Labute approximate surface area is 96.3 Å². The highest BCUT2D eigenvalue weighted by molar-refractivity contribution is 5.24. The lowest BCUT2D eigenvalue weighted by atomic mass is 9.91. The van der Waals surface area contributed by atoms with Crippen molar-refractivity contribution >= 4 is 0 Å². The molecule has 0 saturated carbocycles. The second-order valence-corrected chi connectivity index (χ2v) is 3.68. The largest absolute Gasteiger partial charge is 0.367 e. The van der Waals surface area contributed by atoms with E-state index in [4.69, 9.17) is 19.9 Å². The first kappa shape index (κ1) is 13.1. The zero-order chi connectivity index (χ0) is 12.2. The number of methoxy groups -OCH3 is 3. The summed E-state index contributed by atoms with van der Waals surface area (Å²) in [6.45, 7) is 1.83. The summed E-state index contributed by atoms with van der Waals surface area (Å²) in [6, 6.07) is 9.60. The molecule has 1 atom stereocenters. The summed E-state index contributed by atoms with van der Waals surface area (Å²) in [5.41, 5.74) is 6.06. The summed E-state index contributed by atoms with van der Waals surface area (Å²) in [4.78, 5) is 0. The number of nitrogens with two attached hydrogens (primary N) is 1. The highest BCUT2D eigenvalue weighted by atomic mass is 16.7. The van der Waals surface area contributed by atoms with Crippen molar-refractivity contribution in [3.63, 3.8) is 0 Å². The molecule has 1 aromatic rings. The van der Waals surface area contributed by atoms with Crippen molar-refractivity contribution in [2.75, 3.05) is 21.3 Å². The standard InChI is InChI=1S/C12H19NO3/c1-11(14-2,12(13,15-3)16-4)10-8-6-5-7-9-10/h5-9H,13H2,1-4H3. The van der Waals surface area contributed by atoms with Crippen LogP contribution in [0.2, 0.25) is 0 Å². The number of hydrogen-bond donors (Lipinski definition) is 1. The fourth-order valence-electron chi connectivity index (χ4n) is 1.69. The molecule has 1 unspecified atom stereocenters. The molecule has 2 N–H and O–H groups in total. The van der Waals surface area contributed by atoms with E-state index in [0.29, 0.717) is 0 Å². The van der Waals surface area contributed by atoms with Crippen LogP contribution in [0.5, 0.6) is 0 Å². The van der Waals surface area contributed by atoms with Gasteiger partial charge in [0.05, 0.1) is 0 Å². The van der Waals surface area contributed by atoms with E-state index in [1.165, 1.54) is 14.2 Å². The summed E-state index contributed by atoms with van der Waals surface area (Å²) in [5.74, 6) is -1.33. The van der Waals surface area contributed by atoms with E-state index in [-0.39, 0.29) is 0 Å². The summed E-state index contributed by atoms with van der Waals surface area (Å²) in [7, 11) is 4.56. The molecule has 4 heteroatoms. The minimum absolute atomic E-state index is 0.877. The zero-order valence-electron chi connectivity index (χ0n) is 10.2. The average Bonchev–Trinajstić information content (AvgIpc) is 2.37. The predicted octanol–water partition coefficient (Wildman–Crippen LogP) is 1.45. The van der Waals surface area contributed by atoms with Gasteiger partial charge in [0.1, 0.15) is 0 Å². The first-order valence-corrected chi connectivity index (χ1v) is 5.04. The van der Waals surface area contributed by atoms with Gasteiger partial charge in [-0.2, -0.15) is 0 Å². The van der Waals surface area contributed by atoms with Gasteiger partial charge in [-0.25, -0.2) is 0 Å². The van der Waals surface area contributed by atoms with E-state index in [9.17, 15) is 0 Å². The smallest absolute Gasteiger partial charge is 0.259 e. The third-order valence-electron chi connectivity index (χ3n) is 3.00. The molecule has 0 radical (unpaired) electrons. The monoisotopic (exact) mass is 225 g/mol. The van der Waals surface area contributed by atoms with E-state index < -0.39 is 11.5 Å². The minimum Gasteiger partial charge on any atom is -0.367 e. The molecule has 0 aromatic heterocycles. The molecule has 0 aliphatic carbocycles. The predicted molar refractivity (Wildman–Crippen MR) is 61.7 cm³/mol. The average molecular weight is 225 g/mol. The van der Waals surface area contributed by atoms with Gasteiger partial charge in [-0.3, -0.25) is 5.73 Å². The lowest BCUT2D eigenvalue weighted by Crippen LogP contribution is -2.60. The Morgan fingerprint density at radius 3 is 1.81 bits per heavy atom. The normalized spacial score (nSPS) is 15.8. The zero-order valence-corrected chi connectivity index (χ0v) is 10.2. The summed E-state index contributed by atoms with van der Waals surface area (Å²) in [6.07, 6.45) is 0. The molecular formula is C12H19NO3. The van der Waals surface area contributed by atoms with Crippen LogP contribution in [0.4, 0.5) is 0 Å². The van der Waals surface area contributed by atoms with Crippen LogP contribution >= 0.6 is 0 Å². The SMILES string of the molecule is COC(N)(OC)C(C)(OC)c1ccccc1. The van der Waals surface area contributed by atoms with E-state index in [1.807, 2.05) is 37.3 Å². The van der Waals surface area contributed by atoms with Gasteiger partial charge in [0.15, 0.2) is 5.60 Å². The van der Waals surface area contributed by atoms with E-state index >= 15 is 0 Å². The quantitative estimate of drug-likeness (QED) is 0.771. The summed E-state index contributed by atoms with van der Waals surface area (Å²) in [5, 5.41) is 0. The van der Waals surface area contributed by atoms with Crippen LogP contribution in [0.3, 0.4) is 0 Å². The Morgan fingerprint density at radius 2 is 1.44 bits per heavy atom. The van der Waals surface area contributed by atoms with Gasteiger partial charge in [-0.15, -0.1) is 0 Å². The molecule has 0 bridgehead atoms. The van der Waals surface area contributed by atoms with Crippen molar-refractivity contribution in [2.24, 2.45) is 5.73 Å². The lowest BCUT2D eigenvalue weighted by Gasteiger charge is -2.42. The van der Waals surface area contributed by atoms with E-state index in [0.717, 1.165) is 5.56 Å². The number of rotatable bonds is 5. The second-order valence-electron chi connectivity index (χ2n) is 3.68. The third kappa shape index (κ3) is 1.97. The molecule has 90 valence electrons. The topological polar surface area (TPSA) is 53.7 Å². The van der Waals surface area contributed by atoms with Gasteiger partial charge in [0.2, 0.25) is 0 Å². The molecular weight excluding hydrogens is 206 g/mol. The van der Waals surface area contributed by atoms with Gasteiger partial charge in [0.25, 0.3) is 5.91 Å². The van der Waals surface area contributed by atoms with Crippen molar-refractivity contribution in [3.8, 4) is 0 Å². The Bertz CT molecular complexity index is 324. The van der Waals surface area contributed by atoms with E-state index in [2.05, 4.69) is 0 Å². The van der Waals surface area contributed by atoms with Crippen LogP contribution < -0.4 is 5.73 Å². The maximum absolute atomic E-state index is 6.05. The molecule has 0 spiro atoms. The maximum Gasteiger partial charge on any atom is 0.259 e. The molecule has 0 amide bonds. The van der Waals surface area contributed by atoms with Crippen LogP contribution in [0, 0.1) is 0 Å². The van der Waals surface area contributed by atoms with Crippen LogP contribution in [-0.2, 0) is 19.8 Å². The van der Waals surface area contributed by atoms with Crippen LogP contribution in [0.25, 0.3) is 0 Å². The Kier molecular flexibility index (Phi) is 4.04. The fourth-order valence-corrected chi connectivity index (χ4v) is 1.69. The molecule has 0 heterocycles. The third-order valence-corrected chi connectivity index (χ3v) is 3.00. The summed E-state index contributed by atoms with van der Waals surface area (Å²) < 4.78 is 16.0. The van der Waals surface area contributed by atoms with Crippen LogP contribution in [-0.4, -0.2) is 27.2 Å². The van der Waals surface area contributed by atoms with Gasteiger partial charge in [-0.1, -0.05) is 30.3 Å². The molecule has 0 aliphatic heterocycles. The van der Waals surface area contributed by atoms with Crippen molar-refractivity contribution in [3.05, 3.63) is 35.9 Å². The molecule has 1 aromatic carbocycles. The maximum atomic E-state index is 6.05. The molecule has 0 aliphatic rings. The van der Waals surface area contributed by atoms with Crippen molar-refractivity contribution in [2.45, 2.75) is 18.4 Å². The Morgan fingerprint density at radius 1 is 0.938 bits per heavy atom. The lowest BCUT2D eigenvalue weighted by molar-refractivity contribution is -0.306. The second kappa shape index (κ2) is 4.93. The molecule has 16 heavy (non-hydrogen) atoms. The number of benzene rings is 1. The van der Waals surface area contributed by atoms with Crippen molar-refractivity contribution < 1.29 is 14.2 Å². The molecule has 4 nitrogen and oxygen atoms in total. The molecule has 0 fully saturated rings. The van der Waals surface area contributed by atoms with E-state index in [1.54, 1.807) is 7.11 Å². The van der Waals surface area contributed by atoms with Gasteiger partial charge >= 0.3 is 0 Å². The number of hydrogen-bond acceptors (Lipinski definition) is 4. The first-order valence-electron chi connectivity index (χ1n) is 5.04. The summed E-state index contributed by atoms with van der Waals surface area (Å²) >= 11 is 0. The molecule has 0 saturated heterocycles. The fraction of sp³-hybridized carbons (Fsp3) is 0.500. The van der Waals surface area contributed by atoms with Crippen LogP contribution in [0.1, 0.15) is 12.5 Å². The first-order chi connectivity index (χ1) is 7.54. The Balaban J connectivity index is 3.21. The minimum atomic E-state index is -1.33. The van der Waals surface area contributed by atoms with Gasteiger partial charge < -0.3 is 14.2 Å². The van der Waals surface area contributed by atoms with Crippen molar-refractivity contribution in [1.82, 2.24) is 0 Å². The van der Waals surface area contributed by atoms with Crippen molar-refractivity contribution in [1.29, 1.82) is 0 Å². The van der Waals surface area contributed by atoms with Crippen LogP contribution in [0.15, 0.2) is 30.3 Å². The number of ether oxygens (including phenoxy) is 3.